The molecule has 1 unspecified atom stereocenters. The van der Waals surface area contributed by atoms with Gasteiger partial charge in [0.15, 0.2) is 0 Å². The molecule has 1 atom stereocenters. The van der Waals surface area contributed by atoms with Gasteiger partial charge in [0.2, 0.25) is 5.91 Å². The van der Waals surface area contributed by atoms with Gasteiger partial charge in [-0.3, -0.25) is 9.59 Å². The van der Waals surface area contributed by atoms with Gasteiger partial charge in [0, 0.05) is 13.1 Å². The summed E-state index contributed by atoms with van der Waals surface area (Å²) < 4.78 is 39.7. The zero-order valence-corrected chi connectivity index (χ0v) is 14.7. The van der Waals surface area contributed by atoms with Crippen molar-refractivity contribution in [2.75, 3.05) is 6.54 Å². The molecule has 0 fully saturated rings. The lowest BCUT2D eigenvalue weighted by atomic mass is 10.0. The van der Waals surface area contributed by atoms with Crippen molar-refractivity contribution >= 4 is 11.8 Å². The van der Waals surface area contributed by atoms with Crippen LogP contribution in [0.1, 0.15) is 28.8 Å². The van der Waals surface area contributed by atoms with E-state index >= 15 is 0 Å². The summed E-state index contributed by atoms with van der Waals surface area (Å²) in [6.07, 6.45) is -3.49. The van der Waals surface area contributed by atoms with E-state index in [9.17, 15) is 22.8 Å². The molecule has 28 heavy (non-hydrogen) atoms. The van der Waals surface area contributed by atoms with Crippen molar-refractivity contribution < 1.29 is 22.8 Å². The minimum absolute atomic E-state index is 0.0693. The molecule has 0 bridgehead atoms. The Kier molecular flexibility index (Phi) is 4.20. The van der Waals surface area contributed by atoms with Crippen LogP contribution >= 0.6 is 0 Å². The highest BCUT2D eigenvalue weighted by Crippen LogP contribution is 2.36. The molecule has 0 aliphatic carbocycles. The van der Waals surface area contributed by atoms with E-state index in [1.54, 1.807) is 12.1 Å². The van der Waals surface area contributed by atoms with Gasteiger partial charge >= 0.3 is 6.18 Å². The van der Waals surface area contributed by atoms with Gasteiger partial charge in [-0.1, -0.05) is 30.8 Å². The zero-order chi connectivity index (χ0) is 20.1. The maximum atomic E-state index is 13.2. The normalized spacial score (nSPS) is 18.6. The Hall–Kier alpha value is -3.17. The predicted molar refractivity (Wildman–Crippen MR) is 90.4 cm³/mol. The minimum atomic E-state index is -4.64. The minimum Gasteiger partial charge on any atom is -0.331 e. The smallest absolute Gasteiger partial charge is 0.331 e. The number of hydrogen-bond acceptors (Lipinski definition) is 4. The number of carbonyl (C=O) groups is 2. The number of hydrogen-bond donors (Lipinski definition) is 0. The van der Waals surface area contributed by atoms with Crippen molar-refractivity contribution in [3.63, 3.8) is 0 Å². The molecule has 2 amide bonds. The average molecular weight is 391 g/mol. The molecular formula is C18H16F3N5O2. The Balaban J connectivity index is 1.62. The summed E-state index contributed by atoms with van der Waals surface area (Å²) in [4.78, 5) is 31.9. The first-order valence-electron chi connectivity index (χ1n) is 8.60. The van der Waals surface area contributed by atoms with Gasteiger partial charge in [0.25, 0.3) is 11.7 Å². The predicted octanol–water partition coefficient (Wildman–Crippen LogP) is 1.91. The molecule has 1 aromatic heterocycles. The van der Waals surface area contributed by atoms with Crippen molar-refractivity contribution in [1.29, 1.82) is 0 Å². The Morgan fingerprint density at radius 3 is 2.64 bits per heavy atom. The van der Waals surface area contributed by atoms with Crippen LogP contribution in [0.3, 0.4) is 0 Å². The molecule has 146 valence electrons. The molecule has 10 heteroatoms. The first kappa shape index (κ1) is 18.2. The van der Waals surface area contributed by atoms with Gasteiger partial charge in [-0.15, -0.1) is 5.10 Å². The van der Waals surface area contributed by atoms with Crippen molar-refractivity contribution in [3.8, 4) is 0 Å². The number of aromatic nitrogens is 3. The molecule has 0 saturated heterocycles. The number of carbonyl (C=O) groups excluding carboxylic acids is 2. The Labute approximate surface area is 158 Å². The fourth-order valence-electron chi connectivity index (χ4n) is 3.59. The number of amides is 2. The van der Waals surface area contributed by atoms with Crippen LogP contribution in [0.15, 0.2) is 36.9 Å². The molecule has 2 aromatic rings. The molecule has 4 rings (SSSR count). The molecular weight excluding hydrogens is 375 g/mol. The zero-order valence-electron chi connectivity index (χ0n) is 14.7. The average Bonchev–Trinajstić information content (AvgIpc) is 3.27. The van der Waals surface area contributed by atoms with Gasteiger partial charge in [0.1, 0.15) is 11.9 Å². The van der Waals surface area contributed by atoms with E-state index in [4.69, 9.17) is 0 Å². The summed E-state index contributed by atoms with van der Waals surface area (Å²) in [6.45, 7) is 3.95. The topological polar surface area (TPSA) is 71.3 Å². The summed E-state index contributed by atoms with van der Waals surface area (Å²) in [5.74, 6) is -1.89. The van der Waals surface area contributed by atoms with E-state index in [2.05, 4.69) is 16.7 Å². The number of alkyl halides is 3. The number of rotatable bonds is 2. The second-order valence-electron chi connectivity index (χ2n) is 6.60. The fourth-order valence-corrected chi connectivity index (χ4v) is 3.59. The van der Waals surface area contributed by atoms with E-state index in [1.165, 1.54) is 14.5 Å². The lowest BCUT2D eigenvalue weighted by Gasteiger charge is -2.32. The van der Waals surface area contributed by atoms with Crippen LogP contribution in [0, 0.1) is 0 Å². The number of fused-ring (bicyclic) bond motifs is 2. The lowest BCUT2D eigenvalue weighted by molar-refractivity contribution is -0.145. The molecule has 0 saturated carbocycles. The summed E-state index contributed by atoms with van der Waals surface area (Å²) in [6, 6.07) is 6.39. The van der Waals surface area contributed by atoms with Gasteiger partial charge < -0.3 is 9.80 Å². The standard InChI is InChI=1S/C18H16F3N5O2/c1-2-14(27)25-9-11-5-3-4-6-12(11)15(25)16(28)24-7-8-26-13(10-24)22-17(23-26)18(19,20)21/h2-6,15H,1,7-10H2. The van der Waals surface area contributed by atoms with Crippen molar-refractivity contribution in [1.82, 2.24) is 24.6 Å². The third-order valence-electron chi connectivity index (χ3n) is 4.92. The maximum Gasteiger partial charge on any atom is 0.453 e. The first-order valence-corrected chi connectivity index (χ1v) is 8.60. The summed E-state index contributed by atoms with van der Waals surface area (Å²) in [7, 11) is 0. The number of nitrogens with zero attached hydrogens (tertiary/aromatic N) is 5. The summed E-state index contributed by atoms with van der Waals surface area (Å²) in [5, 5.41) is 3.47. The van der Waals surface area contributed by atoms with Crippen LogP contribution < -0.4 is 0 Å². The van der Waals surface area contributed by atoms with Crippen LogP contribution in [0.2, 0.25) is 0 Å². The molecule has 0 N–H and O–H groups in total. The summed E-state index contributed by atoms with van der Waals surface area (Å²) in [5.41, 5.74) is 1.57. The van der Waals surface area contributed by atoms with E-state index < -0.39 is 18.0 Å². The van der Waals surface area contributed by atoms with E-state index in [1.807, 2.05) is 12.1 Å². The molecule has 3 heterocycles. The van der Waals surface area contributed by atoms with Crippen LogP contribution in [0.4, 0.5) is 13.2 Å². The highest BCUT2D eigenvalue weighted by atomic mass is 19.4. The van der Waals surface area contributed by atoms with Gasteiger partial charge in [-0.2, -0.15) is 13.2 Å². The van der Waals surface area contributed by atoms with E-state index in [0.717, 1.165) is 11.6 Å². The molecule has 7 nitrogen and oxygen atoms in total. The highest BCUT2D eigenvalue weighted by Gasteiger charge is 2.42. The first-order chi connectivity index (χ1) is 13.3. The highest BCUT2D eigenvalue weighted by molar-refractivity contribution is 5.94. The fraction of sp³-hybridized carbons (Fsp3) is 0.333. The quantitative estimate of drug-likeness (QED) is 0.734. The second-order valence-corrected chi connectivity index (χ2v) is 6.60. The maximum absolute atomic E-state index is 13.2. The Morgan fingerprint density at radius 2 is 1.93 bits per heavy atom. The van der Waals surface area contributed by atoms with Crippen LogP contribution in [-0.2, 0) is 35.4 Å². The molecule has 2 aliphatic rings. The van der Waals surface area contributed by atoms with E-state index in [0.29, 0.717) is 5.56 Å². The summed E-state index contributed by atoms with van der Waals surface area (Å²) >= 11 is 0. The van der Waals surface area contributed by atoms with Crippen LogP contribution in [-0.4, -0.2) is 42.9 Å². The van der Waals surface area contributed by atoms with Crippen LogP contribution in [0.5, 0.6) is 0 Å². The van der Waals surface area contributed by atoms with E-state index in [-0.39, 0.29) is 43.8 Å². The van der Waals surface area contributed by atoms with Crippen LogP contribution in [0.25, 0.3) is 0 Å². The Bertz CT molecular complexity index is 968. The number of halogens is 3. The second kappa shape index (κ2) is 6.47. The monoisotopic (exact) mass is 391 g/mol. The Morgan fingerprint density at radius 1 is 1.18 bits per heavy atom. The third kappa shape index (κ3) is 2.94. The molecule has 0 spiro atoms. The lowest BCUT2D eigenvalue weighted by Crippen LogP contribution is -2.45. The largest absolute Gasteiger partial charge is 0.453 e. The molecule has 0 radical (unpaired) electrons. The molecule has 1 aromatic carbocycles. The van der Waals surface area contributed by atoms with Crippen molar-refractivity contribution in [2.24, 2.45) is 0 Å². The van der Waals surface area contributed by atoms with Gasteiger partial charge in [0.05, 0.1) is 13.1 Å². The van der Waals surface area contributed by atoms with Gasteiger partial charge in [-0.05, 0) is 17.2 Å². The van der Waals surface area contributed by atoms with Crippen molar-refractivity contribution in [2.45, 2.75) is 31.9 Å². The third-order valence-corrected chi connectivity index (χ3v) is 4.92. The van der Waals surface area contributed by atoms with Crippen molar-refractivity contribution in [3.05, 3.63) is 59.7 Å². The van der Waals surface area contributed by atoms with Gasteiger partial charge in [-0.25, -0.2) is 9.67 Å². The molecule has 2 aliphatic heterocycles. The SMILES string of the molecule is C=CC(=O)N1Cc2ccccc2C1C(=O)N1CCn2nc(C(F)(F)F)nc2C1. The number of benzene rings is 1.